The Morgan fingerprint density at radius 3 is 1.45 bits per heavy atom. The van der Waals surface area contributed by atoms with E-state index in [0.717, 1.165) is 44.9 Å². The van der Waals surface area contributed by atoms with E-state index in [2.05, 4.69) is 5.32 Å². The summed E-state index contributed by atoms with van der Waals surface area (Å²) in [6.07, 6.45) is 13.8. The molecular formula is C24H43NO6. The average Bonchev–Trinajstić information content (AvgIpc) is 2.70. The number of unbranched alkanes of at least 4 members (excludes halogenated alkanes) is 11. The number of aliphatic carboxylic acids is 2. The molecule has 31 heavy (non-hydrogen) atoms. The van der Waals surface area contributed by atoms with E-state index in [1.54, 1.807) is 13.8 Å². The summed E-state index contributed by atoms with van der Waals surface area (Å²) in [6, 6.07) is -0.993. The highest BCUT2D eigenvalue weighted by molar-refractivity contribution is 5.85. The molecule has 7 heteroatoms. The van der Waals surface area contributed by atoms with Crippen molar-refractivity contribution in [2.45, 2.75) is 123 Å². The second-order valence-corrected chi connectivity index (χ2v) is 8.75. The fourth-order valence-corrected chi connectivity index (χ4v) is 3.43. The highest BCUT2D eigenvalue weighted by Gasteiger charge is 2.21. The van der Waals surface area contributed by atoms with E-state index in [9.17, 15) is 24.3 Å². The molecule has 0 rings (SSSR count). The van der Waals surface area contributed by atoms with Crippen LogP contribution < -0.4 is 5.32 Å². The van der Waals surface area contributed by atoms with Gasteiger partial charge in [-0.05, 0) is 19.3 Å². The van der Waals surface area contributed by atoms with E-state index in [-0.39, 0.29) is 36.9 Å². The van der Waals surface area contributed by atoms with Crippen molar-refractivity contribution in [3.05, 3.63) is 0 Å². The predicted molar refractivity (Wildman–Crippen MR) is 121 cm³/mol. The number of nitrogens with one attached hydrogen (secondary N) is 1. The van der Waals surface area contributed by atoms with Crippen molar-refractivity contribution in [3.63, 3.8) is 0 Å². The van der Waals surface area contributed by atoms with Crippen LogP contribution in [0.2, 0.25) is 0 Å². The molecule has 0 aromatic carbocycles. The Labute approximate surface area is 187 Å². The van der Waals surface area contributed by atoms with Crippen LogP contribution in [0.4, 0.5) is 0 Å². The molecule has 0 bridgehead atoms. The molecule has 0 saturated heterocycles. The number of carboxylic acids is 2. The normalized spacial score (nSPS) is 12.0. The molecule has 0 radical (unpaired) electrons. The zero-order valence-electron chi connectivity index (χ0n) is 19.5. The Bertz CT molecular complexity index is 532. The predicted octanol–water partition coefficient (Wildman–Crippen LogP) is 5.11. The lowest BCUT2D eigenvalue weighted by Gasteiger charge is -2.14. The first-order valence-corrected chi connectivity index (χ1v) is 12.0. The zero-order chi connectivity index (χ0) is 23.5. The van der Waals surface area contributed by atoms with Crippen molar-refractivity contribution < 1.29 is 29.4 Å². The van der Waals surface area contributed by atoms with Gasteiger partial charge < -0.3 is 15.5 Å². The van der Waals surface area contributed by atoms with Gasteiger partial charge in [0.2, 0.25) is 5.91 Å². The maximum Gasteiger partial charge on any atom is 0.326 e. The van der Waals surface area contributed by atoms with Gasteiger partial charge in [-0.15, -0.1) is 0 Å². The van der Waals surface area contributed by atoms with Crippen LogP contribution in [0.25, 0.3) is 0 Å². The standard InChI is InChI=1S/C24H43NO6/c1-19(2)21(26)18-17-20(24(30)31)25-22(27)15-13-11-9-7-5-3-4-6-8-10-12-14-16-23(28)29/h19-20H,3-18H2,1-2H3,(H,25,27)(H,28,29)(H,30,31)/t20-/m0/s1. The van der Waals surface area contributed by atoms with Crippen LogP contribution in [0.15, 0.2) is 0 Å². The van der Waals surface area contributed by atoms with Gasteiger partial charge in [0, 0.05) is 25.2 Å². The number of Topliss-reactive ketones (excluding diaryl/α,β-unsaturated/α-hetero) is 1. The van der Waals surface area contributed by atoms with Gasteiger partial charge in [-0.1, -0.05) is 78.1 Å². The van der Waals surface area contributed by atoms with Crippen LogP contribution in [0.1, 0.15) is 117 Å². The summed E-state index contributed by atoms with van der Waals surface area (Å²) in [7, 11) is 0. The lowest BCUT2D eigenvalue weighted by molar-refractivity contribution is -0.142. The van der Waals surface area contributed by atoms with E-state index in [0.29, 0.717) is 6.42 Å². The molecule has 180 valence electrons. The van der Waals surface area contributed by atoms with Gasteiger partial charge in [-0.3, -0.25) is 14.4 Å². The second kappa shape index (κ2) is 18.8. The third-order valence-electron chi connectivity index (χ3n) is 5.50. The largest absolute Gasteiger partial charge is 0.481 e. The number of carbonyl (C=O) groups is 4. The molecule has 3 N–H and O–H groups in total. The van der Waals surface area contributed by atoms with Crippen LogP contribution in [0, 0.1) is 5.92 Å². The minimum Gasteiger partial charge on any atom is -0.481 e. The maximum absolute atomic E-state index is 12.0. The first-order valence-electron chi connectivity index (χ1n) is 12.0. The van der Waals surface area contributed by atoms with Crippen molar-refractivity contribution in [2.75, 3.05) is 0 Å². The van der Waals surface area contributed by atoms with Gasteiger partial charge >= 0.3 is 11.9 Å². The van der Waals surface area contributed by atoms with Crippen LogP contribution in [0.3, 0.4) is 0 Å². The summed E-state index contributed by atoms with van der Waals surface area (Å²) >= 11 is 0. The molecule has 0 fully saturated rings. The number of carboxylic acid groups (broad SMARTS) is 2. The molecule has 0 aliphatic rings. The molecule has 0 aromatic heterocycles. The number of rotatable bonds is 21. The number of ketones is 1. The van der Waals surface area contributed by atoms with Gasteiger partial charge in [0.25, 0.3) is 0 Å². The van der Waals surface area contributed by atoms with Crippen molar-refractivity contribution in [2.24, 2.45) is 5.92 Å². The van der Waals surface area contributed by atoms with Gasteiger partial charge in [0.15, 0.2) is 0 Å². The van der Waals surface area contributed by atoms with Gasteiger partial charge in [0.05, 0.1) is 0 Å². The minimum absolute atomic E-state index is 0.0104. The number of hydrogen-bond donors (Lipinski definition) is 3. The van der Waals surface area contributed by atoms with E-state index >= 15 is 0 Å². The summed E-state index contributed by atoms with van der Waals surface area (Å²) in [4.78, 5) is 45.3. The first kappa shape index (κ1) is 29.1. The Kier molecular flexibility index (Phi) is 17.7. The molecule has 0 aromatic rings. The van der Waals surface area contributed by atoms with Gasteiger partial charge in [-0.25, -0.2) is 4.79 Å². The number of amides is 1. The summed E-state index contributed by atoms with van der Waals surface area (Å²) in [5.74, 6) is -2.17. The first-order chi connectivity index (χ1) is 14.7. The fourth-order valence-electron chi connectivity index (χ4n) is 3.43. The van der Waals surface area contributed by atoms with Crippen molar-refractivity contribution in [1.82, 2.24) is 5.32 Å². The number of hydrogen-bond acceptors (Lipinski definition) is 4. The minimum atomic E-state index is -1.09. The maximum atomic E-state index is 12.0. The summed E-state index contributed by atoms with van der Waals surface area (Å²) < 4.78 is 0. The molecule has 0 unspecified atom stereocenters. The molecule has 0 spiro atoms. The molecule has 0 aliphatic carbocycles. The zero-order valence-corrected chi connectivity index (χ0v) is 19.5. The highest BCUT2D eigenvalue weighted by Crippen LogP contribution is 2.13. The van der Waals surface area contributed by atoms with Crippen molar-refractivity contribution in [1.29, 1.82) is 0 Å². The van der Waals surface area contributed by atoms with Crippen LogP contribution >= 0.6 is 0 Å². The van der Waals surface area contributed by atoms with Crippen molar-refractivity contribution in [3.8, 4) is 0 Å². The Morgan fingerprint density at radius 2 is 1.06 bits per heavy atom. The molecule has 0 aliphatic heterocycles. The second-order valence-electron chi connectivity index (χ2n) is 8.75. The lowest BCUT2D eigenvalue weighted by atomic mass is 10.0. The average molecular weight is 442 g/mol. The Hall–Kier alpha value is -1.92. The van der Waals surface area contributed by atoms with Gasteiger partial charge in [-0.2, -0.15) is 0 Å². The Morgan fingerprint density at radius 1 is 0.645 bits per heavy atom. The fraction of sp³-hybridized carbons (Fsp3) is 0.833. The van der Waals surface area contributed by atoms with E-state index in [4.69, 9.17) is 5.11 Å². The number of carbonyl (C=O) groups excluding carboxylic acids is 2. The summed E-state index contributed by atoms with van der Waals surface area (Å²) in [5, 5.41) is 20.3. The Balaban J connectivity index is 3.60. The molecule has 1 atom stereocenters. The van der Waals surface area contributed by atoms with Crippen LogP contribution in [-0.2, 0) is 19.2 Å². The van der Waals surface area contributed by atoms with E-state index in [1.165, 1.54) is 32.1 Å². The van der Waals surface area contributed by atoms with E-state index in [1.807, 2.05) is 0 Å². The van der Waals surface area contributed by atoms with Gasteiger partial charge in [0.1, 0.15) is 11.8 Å². The smallest absolute Gasteiger partial charge is 0.326 e. The summed E-state index contributed by atoms with van der Waals surface area (Å²) in [6.45, 7) is 3.56. The SMILES string of the molecule is CC(C)C(=O)CC[C@H](NC(=O)CCCCCCCCCCCCCCC(=O)O)C(=O)O. The lowest BCUT2D eigenvalue weighted by Crippen LogP contribution is -2.41. The van der Waals surface area contributed by atoms with Crippen LogP contribution in [0.5, 0.6) is 0 Å². The monoisotopic (exact) mass is 441 g/mol. The third kappa shape index (κ3) is 18.6. The molecule has 1 amide bonds. The third-order valence-corrected chi connectivity index (χ3v) is 5.50. The molecule has 7 nitrogen and oxygen atoms in total. The molecule has 0 saturated carbocycles. The molecule has 0 heterocycles. The molecular weight excluding hydrogens is 398 g/mol. The highest BCUT2D eigenvalue weighted by atomic mass is 16.4. The quantitative estimate of drug-likeness (QED) is 0.213. The van der Waals surface area contributed by atoms with Crippen molar-refractivity contribution >= 4 is 23.6 Å². The van der Waals surface area contributed by atoms with Crippen LogP contribution in [-0.4, -0.2) is 39.9 Å². The summed E-state index contributed by atoms with van der Waals surface area (Å²) in [5.41, 5.74) is 0. The van der Waals surface area contributed by atoms with E-state index < -0.39 is 18.0 Å². The topological polar surface area (TPSA) is 121 Å².